The fraction of sp³-hybridized carbons (Fsp3) is 0.667. The maximum Gasteiger partial charge on any atom is 0.350 e. The zero-order chi connectivity index (χ0) is 17.3. The molecule has 2 heterocycles. The van der Waals surface area contributed by atoms with Crippen LogP contribution in [0.25, 0.3) is 0 Å². The molecule has 7 nitrogen and oxygen atoms in total. The Morgan fingerprint density at radius 1 is 1.35 bits per heavy atom. The summed E-state index contributed by atoms with van der Waals surface area (Å²) in [4.78, 5) is 29.2. The molecule has 1 amide bonds. The zero-order valence-electron chi connectivity index (χ0n) is 13.9. The fourth-order valence-corrected chi connectivity index (χ4v) is 3.39. The van der Waals surface area contributed by atoms with Gasteiger partial charge in [-0.05, 0) is 12.8 Å². The number of rotatable bonds is 3. The summed E-state index contributed by atoms with van der Waals surface area (Å²) in [6.45, 7) is 6.76. The molecule has 0 aliphatic carbocycles. The van der Waals surface area contributed by atoms with E-state index in [4.69, 9.17) is 15.2 Å². The van der Waals surface area contributed by atoms with E-state index in [0.717, 1.165) is 11.3 Å². The lowest BCUT2D eigenvalue weighted by atomic mass is 9.90. The Balaban J connectivity index is 2.25. The van der Waals surface area contributed by atoms with Gasteiger partial charge in [0.1, 0.15) is 10.4 Å². The molecule has 1 aromatic heterocycles. The van der Waals surface area contributed by atoms with Gasteiger partial charge in [-0.2, -0.15) is 0 Å². The van der Waals surface area contributed by atoms with E-state index < -0.39 is 11.5 Å². The van der Waals surface area contributed by atoms with E-state index in [2.05, 4.69) is 10.3 Å². The molecule has 0 saturated carbocycles. The van der Waals surface area contributed by atoms with Crippen LogP contribution in [0.3, 0.4) is 0 Å². The van der Waals surface area contributed by atoms with Gasteiger partial charge < -0.3 is 20.5 Å². The third-order valence-corrected chi connectivity index (χ3v) is 4.72. The van der Waals surface area contributed by atoms with Crippen LogP contribution in [-0.4, -0.2) is 42.7 Å². The number of aromatic nitrogens is 1. The predicted octanol–water partition coefficient (Wildman–Crippen LogP) is 1.67. The summed E-state index contributed by atoms with van der Waals surface area (Å²) in [7, 11) is 1.32. The maximum absolute atomic E-state index is 12.5. The molecule has 1 aliphatic heterocycles. The average molecular weight is 341 g/mol. The average Bonchev–Trinajstić information content (AvgIpc) is 2.91. The Morgan fingerprint density at radius 2 is 1.96 bits per heavy atom. The number of thiazole rings is 1. The summed E-state index contributed by atoms with van der Waals surface area (Å²) in [6, 6.07) is 0. The number of carbonyl (C=O) groups excluding carboxylic acids is 2. The van der Waals surface area contributed by atoms with Crippen molar-refractivity contribution in [1.29, 1.82) is 0 Å². The molecule has 2 rings (SSSR count). The normalized spacial score (nSPS) is 17.6. The number of carbonyl (C=O) groups is 2. The van der Waals surface area contributed by atoms with Crippen LogP contribution in [0, 0.1) is 0 Å². The van der Waals surface area contributed by atoms with Gasteiger partial charge in [0.05, 0.1) is 12.8 Å². The molecule has 0 atom stereocenters. The molecule has 0 radical (unpaired) electrons. The van der Waals surface area contributed by atoms with Crippen molar-refractivity contribution in [2.45, 2.75) is 44.6 Å². The van der Waals surface area contributed by atoms with Gasteiger partial charge in [-0.15, -0.1) is 0 Å². The topological polar surface area (TPSA) is 104 Å². The molecule has 3 N–H and O–H groups in total. The number of hydrogen-bond acceptors (Lipinski definition) is 7. The van der Waals surface area contributed by atoms with Gasteiger partial charge in [-0.25, -0.2) is 9.78 Å². The predicted molar refractivity (Wildman–Crippen MR) is 87.8 cm³/mol. The number of ether oxygens (including phenoxy) is 2. The second-order valence-electron chi connectivity index (χ2n) is 6.66. The quantitative estimate of drug-likeness (QED) is 0.811. The minimum Gasteiger partial charge on any atom is -0.465 e. The second kappa shape index (κ2) is 6.54. The van der Waals surface area contributed by atoms with Gasteiger partial charge in [0.15, 0.2) is 5.13 Å². The van der Waals surface area contributed by atoms with Gasteiger partial charge >= 0.3 is 5.97 Å². The van der Waals surface area contributed by atoms with Crippen LogP contribution in [0.5, 0.6) is 0 Å². The van der Waals surface area contributed by atoms with E-state index >= 15 is 0 Å². The van der Waals surface area contributed by atoms with Crippen LogP contribution in [0.2, 0.25) is 0 Å². The first kappa shape index (κ1) is 17.8. The molecule has 8 heteroatoms. The maximum atomic E-state index is 12.5. The monoisotopic (exact) mass is 341 g/mol. The third-order valence-electron chi connectivity index (χ3n) is 3.77. The number of nitrogens with one attached hydrogen (secondary N) is 1. The lowest BCUT2D eigenvalue weighted by Gasteiger charge is -2.31. The highest BCUT2D eigenvalue weighted by Crippen LogP contribution is 2.33. The molecular weight excluding hydrogens is 318 g/mol. The number of esters is 1. The van der Waals surface area contributed by atoms with E-state index in [9.17, 15) is 9.59 Å². The van der Waals surface area contributed by atoms with Gasteiger partial charge in [-0.1, -0.05) is 32.1 Å². The van der Waals surface area contributed by atoms with E-state index in [1.54, 1.807) is 0 Å². The number of nitrogens with zero attached hydrogens (tertiary/aromatic N) is 1. The molecule has 23 heavy (non-hydrogen) atoms. The molecule has 0 bridgehead atoms. The van der Waals surface area contributed by atoms with Crippen molar-refractivity contribution >= 4 is 28.3 Å². The van der Waals surface area contributed by atoms with Crippen LogP contribution in [-0.2, 0) is 19.7 Å². The molecule has 0 spiro atoms. The Hall–Kier alpha value is -1.51. The van der Waals surface area contributed by atoms with Crippen molar-refractivity contribution in [1.82, 2.24) is 4.98 Å². The summed E-state index contributed by atoms with van der Waals surface area (Å²) < 4.78 is 10.0. The molecule has 1 aromatic rings. The molecule has 1 aliphatic rings. The summed E-state index contributed by atoms with van der Waals surface area (Å²) in [5.74, 6) is -0.757. The number of hydrogen-bond donors (Lipinski definition) is 2. The molecule has 0 aromatic carbocycles. The van der Waals surface area contributed by atoms with E-state index in [1.165, 1.54) is 7.11 Å². The molecule has 1 fully saturated rings. The van der Waals surface area contributed by atoms with Gasteiger partial charge in [0, 0.05) is 18.6 Å². The van der Waals surface area contributed by atoms with Crippen molar-refractivity contribution in [3.8, 4) is 0 Å². The Labute approximate surface area is 139 Å². The lowest BCUT2D eigenvalue weighted by molar-refractivity contribution is -0.124. The minimum absolute atomic E-state index is 0.300. The Kier molecular flexibility index (Phi) is 5.07. The standard InChI is InChI=1S/C15H23N3O4S/c1-14(2,3)10-9(11(19)21-4)23-13(17-10)18-12(20)15(16)5-7-22-8-6-15/h5-8,16H2,1-4H3,(H,17,18,20). The SMILES string of the molecule is COC(=O)c1sc(NC(=O)C2(N)CCOCC2)nc1C(C)(C)C. The number of nitrogens with two attached hydrogens (primary N) is 1. The van der Waals surface area contributed by atoms with Crippen LogP contribution in [0.4, 0.5) is 5.13 Å². The number of anilines is 1. The van der Waals surface area contributed by atoms with Crippen LogP contribution >= 0.6 is 11.3 Å². The van der Waals surface area contributed by atoms with E-state index in [-0.39, 0.29) is 11.3 Å². The largest absolute Gasteiger partial charge is 0.465 e. The van der Waals surface area contributed by atoms with Crippen LogP contribution < -0.4 is 11.1 Å². The second-order valence-corrected chi connectivity index (χ2v) is 7.66. The summed E-state index contributed by atoms with van der Waals surface area (Å²) in [5.41, 5.74) is 5.45. The summed E-state index contributed by atoms with van der Waals surface area (Å²) >= 11 is 1.11. The van der Waals surface area contributed by atoms with Crippen LogP contribution in [0.1, 0.15) is 49.0 Å². The Bertz CT molecular complexity index is 600. The van der Waals surface area contributed by atoms with E-state index in [0.29, 0.717) is 41.8 Å². The highest BCUT2D eigenvalue weighted by Gasteiger charge is 2.37. The highest BCUT2D eigenvalue weighted by atomic mass is 32.1. The fourth-order valence-electron chi connectivity index (χ4n) is 2.30. The van der Waals surface area contributed by atoms with Crippen molar-refractivity contribution in [2.24, 2.45) is 5.73 Å². The third kappa shape index (κ3) is 3.88. The molecular formula is C15H23N3O4S. The van der Waals surface area contributed by atoms with Gasteiger partial charge in [-0.3, -0.25) is 4.79 Å². The zero-order valence-corrected chi connectivity index (χ0v) is 14.7. The lowest BCUT2D eigenvalue weighted by Crippen LogP contribution is -2.54. The minimum atomic E-state index is -0.961. The summed E-state index contributed by atoms with van der Waals surface area (Å²) in [5, 5.41) is 3.10. The smallest absolute Gasteiger partial charge is 0.350 e. The first-order valence-electron chi connectivity index (χ1n) is 7.45. The summed E-state index contributed by atoms with van der Waals surface area (Å²) in [6.07, 6.45) is 0.917. The Morgan fingerprint density at radius 3 is 2.48 bits per heavy atom. The van der Waals surface area contributed by atoms with Crippen LogP contribution in [0.15, 0.2) is 0 Å². The molecule has 0 unspecified atom stereocenters. The van der Waals surface area contributed by atoms with E-state index in [1.807, 2.05) is 20.8 Å². The number of methoxy groups -OCH3 is 1. The van der Waals surface area contributed by atoms with Crippen molar-refractivity contribution in [3.63, 3.8) is 0 Å². The van der Waals surface area contributed by atoms with Gasteiger partial charge in [0.2, 0.25) is 5.91 Å². The number of amides is 1. The van der Waals surface area contributed by atoms with Gasteiger partial charge in [0.25, 0.3) is 0 Å². The first-order chi connectivity index (χ1) is 10.7. The van der Waals surface area contributed by atoms with Crippen molar-refractivity contribution in [2.75, 3.05) is 25.6 Å². The molecule has 1 saturated heterocycles. The van der Waals surface area contributed by atoms with Crippen molar-refractivity contribution < 1.29 is 19.1 Å². The molecule has 128 valence electrons. The van der Waals surface area contributed by atoms with Crippen molar-refractivity contribution in [3.05, 3.63) is 10.6 Å². The first-order valence-corrected chi connectivity index (χ1v) is 8.27. The highest BCUT2D eigenvalue weighted by molar-refractivity contribution is 7.17.